The Morgan fingerprint density at radius 3 is 2.65 bits per heavy atom. The fraction of sp³-hybridized carbons (Fsp3) is 0.250. The van der Waals surface area contributed by atoms with Crippen LogP contribution >= 0.6 is 22.7 Å². The first-order valence-electron chi connectivity index (χ1n) is 7.04. The third kappa shape index (κ3) is 3.02. The number of methoxy groups -OCH3 is 1. The minimum atomic E-state index is -0.463. The predicted molar refractivity (Wildman–Crippen MR) is 90.2 cm³/mol. The van der Waals surface area contributed by atoms with Gasteiger partial charge in [0, 0.05) is 15.5 Å². The quantitative estimate of drug-likeness (QED) is 0.860. The Kier molecular flexibility index (Phi) is 4.49. The van der Waals surface area contributed by atoms with Crippen LogP contribution < -0.4 is 5.32 Å². The van der Waals surface area contributed by atoms with Gasteiger partial charge in [0.05, 0.1) is 25.3 Å². The van der Waals surface area contributed by atoms with Crippen molar-refractivity contribution in [1.82, 2.24) is 10.2 Å². The normalized spacial score (nSPS) is 18.1. The summed E-state index contributed by atoms with van der Waals surface area (Å²) in [4.78, 5) is 28.4. The fourth-order valence-corrected chi connectivity index (χ4v) is 4.05. The van der Waals surface area contributed by atoms with E-state index in [0.717, 1.165) is 9.75 Å². The lowest BCUT2D eigenvalue weighted by Crippen LogP contribution is -2.47. The minimum Gasteiger partial charge on any atom is -0.466 e. The largest absolute Gasteiger partial charge is 0.466 e. The van der Waals surface area contributed by atoms with Crippen LogP contribution in [0.5, 0.6) is 0 Å². The van der Waals surface area contributed by atoms with Gasteiger partial charge in [-0.2, -0.15) is 0 Å². The number of carbonyl (C=O) groups is 2. The van der Waals surface area contributed by atoms with Crippen molar-refractivity contribution in [3.63, 3.8) is 0 Å². The molecular formula is C16H16N2O3S2. The van der Waals surface area contributed by atoms with Crippen molar-refractivity contribution < 1.29 is 14.3 Å². The molecule has 0 radical (unpaired) electrons. The number of thiophene rings is 2. The Balaban J connectivity index is 2.01. The van der Waals surface area contributed by atoms with Crippen LogP contribution in [-0.4, -0.2) is 24.0 Å². The van der Waals surface area contributed by atoms with Crippen molar-refractivity contribution in [1.29, 1.82) is 0 Å². The van der Waals surface area contributed by atoms with Gasteiger partial charge in [-0.05, 0) is 29.8 Å². The van der Waals surface area contributed by atoms with Crippen molar-refractivity contribution in [2.75, 3.05) is 7.11 Å². The van der Waals surface area contributed by atoms with E-state index in [1.54, 1.807) is 23.2 Å². The van der Waals surface area contributed by atoms with E-state index in [9.17, 15) is 9.59 Å². The molecule has 2 amide bonds. The molecule has 0 spiro atoms. The first kappa shape index (κ1) is 15.8. The zero-order valence-electron chi connectivity index (χ0n) is 12.7. The standard InChI is InChI=1S/C16H16N2O3S2/c1-10-13(15(19)21-2)14(12-6-4-8-23-12)17-16(20)18(10)9-11-5-3-7-22-11/h3-8,14H,9H2,1-2H3,(H,17,20). The monoisotopic (exact) mass is 348 g/mol. The lowest BCUT2D eigenvalue weighted by atomic mass is 10.0. The summed E-state index contributed by atoms with van der Waals surface area (Å²) in [5, 5.41) is 6.80. The molecule has 3 heterocycles. The molecule has 2 aromatic rings. The van der Waals surface area contributed by atoms with Crippen LogP contribution in [0, 0.1) is 0 Å². The van der Waals surface area contributed by atoms with Gasteiger partial charge in [0.2, 0.25) is 0 Å². The van der Waals surface area contributed by atoms with Crippen LogP contribution in [-0.2, 0) is 16.1 Å². The first-order valence-corrected chi connectivity index (χ1v) is 8.80. The van der Waals surface area contributed by atoms with E-state index < -0.39 is 12.0 Å². The molecule has 0 bridgehead atoms. The summed E-state index contributed by atoms with van der Waals surface area (Å²) >= 11 is 3.07. The number of ether oxygens (including phenoxy) is 1. The Hall–Kier alpha value is -2.12. The fourth-order valence-electron chi connectivity index (χ4n) is 2.57. The number of hydrogen-bond acceptors (Lipinski definition) is 5. The number of rotatable bonds is 4. The molecule has 0 aliphatic carbocycles. The third-order valence-corrected chi connectivity index (χ3v) is 5.52. The van der Waals surface area contributed by atoms with E-state index in [1.807, 2.05) is 35.0 Å². The highest BCUT2D eigenvalue weighted by Gasteiger charge is 2.36. The van der Waals surface area contributed by atoms with Crippen LogP contribution in [0.4, 0.5) is 4.79 Å². The number of nitrogens with one attached hydrogen (secondary N) is 1. The lowest BCUT2D eigenvalue weighted by Gasteiger charge is -2.34. The Labute approximate surface area is 142 Å². The summed E-state index contributed by atoms with van der Waals surface area (Å²) in [6.45, 7) is 2.23. The Morgan fingerprint density at radius 2 is 2.04 bits per heavy atom. The van der Waals surface area contributed by atoms with Gasteiger partial charge in [-0.3, -0.25) is 4.90 Å². The topological polar surface area (TPSA) is 58.6 Å². The van der Waals surface area contributed by atoms with Gasteiger partial charge in [-0.15, -0.1) is 22.7 Å². The molecule has 1 aliphatic rings. The SMILES string of the molecule is COC(=O)C1=C(C)N(Cc2cccs2)C(=O)NC1c1cccs1. The molecule has 0 aromatic carbocycles. The Bertz CT molecular complexity index is 735. The second kappa shape index (κ2) is 6.55. The zero-order chi connectivity index (χ0) is 16.4. The number of urea groups is 1. The van der Waals surface area contributed by atoms with E-state index in [2.05, 4.69) is 5.32 Å². The highest BCUT2D eigenvalue weighted by molar-refractivity contribution is 7.10. The zero-order valence-corrected chi connectivity index (χ0v) is 14.4. The van der Waals surface area contributed by atoms with E-state index in [0.29, 0.717) is 17.8 Å². The molecule has 1 unspecified atom stereocenters. The van der Waals surface area contributed by atoms with Gasteiger partial charge in [0.1, 0.15) is 0 Å². The lowest BCUT2D eigenvalue weighted by molar-refractivity contribution is -0.136. The molecule has 1 aliphatic heterocycles. The number of amides is 2. The van der Waals surface area contributed by atoms with E-state index in [-0.39, 0.29) is 6.03 Å². The molecule has 0 saturated heterocycles. The summed E-state index contributed by atoms with van der Waals surface area (Å²) < 4.78 is 4.94. The smallest absolute Gasteiger partial charge is 0.338 e. The van der Waals surface area contributed by atoms with Gasteiger partial charge in [0.15, 0.2) is 0 Å². The summed E-state index contributed by atoms with van der Waals surface area (Å²) in [7, 11) is 1.36. The molecular weight excluding hydrogens is 332 g/mol. The molecule has 0 fully saturated rings. The third-order valence-electron chi connectivity index (χ3n) is 3.72. The summed E-state index contributed by atoms with van der Waals surface area (Å²) in [6, 6.07) is 7.04. The average Bonchev–Trinajstić information content (AvgIpc) is 3.23. The molecule has 0 saturated carbocycles. The van der Waals surface area contributed by atoms with Crippen LogP contribution in [0.3, 0.4) is 0 Å². The predicted octanol–water partition coefficient (Wildman–Crippen LogP) is 3.52. The van der Waals surface area contributed by atoms with Crippen molar-refractivity contribution in [3.8, 4) is 0 Å². The highest BCUT2D eigenvalue weighted by atomic mass is 32.1. The highest BCUT2D eigenvalue weighted by Crippen LogP contribution is 2.34. The van der Waals surface area contributed by atoms with Gasteiger partial charge >= 0.3 is 12.0 Å². The van der Waals surface area contributed by atoms with Crippen molar-refractivity contribution in [2.45, 2.75) is 19.5 Å². The van der Waals surface area contributed by atoms with Crippen molar-refractivity contribution >= 4 is 34.7 Å². The molecule has 120 valence electrons. The van der Waals surface area contributed by atoms with E-state index in [4.69, 9.17) is 4.74 Å². The van der Waals surface area contributed by atoms with Gasteiger partial charge in [-0.25, -0.2) is 9.59 Å². The van der Waals surface area contributed by atoms with Gasteiger partial charge < -0.3 is 10.1 Å². The number of carbonyl (C=O) groups excluding carboxylic acids is 2. The van der Waals surface area contributed by atoms with E-state index >= 15 is 0 Å². The van der Waals surface area contributed by atoms with Crippen LogP contribution in [0.1, 0.15) is 22.7 Å². The number of allylic oxidation sites excluding steroid dienone is 1. The summed E-state index contributed by atoms with van der Waals surface area (Å²) in [5.41, 5.74) is 1.11. The molecule has 1 N–H and O–H groups in total. The molecule has 3 rings (SSSR count). The Morgan fingerprint density at radius 1 is 1.30 bits per heavy atom. The maximum atomic E-state index is 12.5. The molecule has 5 nitrogen and oxygen atoms in total. The second-order valence-corrected chi connectivity index (χ2v) is 7.07. The van der Waals surface area contributed by atoms with Crippen molar-refractivity contribution in [3.05, 3.63) is 56.1 Å². The second-order valence-electron chi connectivity index (χ2n) is 5.05. The molecule has 23 heavy (non-hydrogen) atoms. The molecule has 7 heteroatoms. The summed E-state index contributed by atoms with van der Waals surface area (Å²) in [6.07, 6.45) is 0. The first-order chi connectivity index (χ1) is 11.1. The molecule has 2 aromatic heterocycles. The van der Waals surface area contributed by atoms with Crippen molar-refractivity contribution in [2.24, 2.45) is 0 Å². The minimum absolute atomic E-state index is 0.207. The van der Waals surface area contributed by atoms with Crippen LogP contribution in [0.15, 0.2) is 46.3 Å². The van der Waals surface area contributed by atoms with E-state index in [1.165, 1.54) is 18.4 Å². The number of nitrogens with zero attached hydrogens (tertiary/aromatic N) is 1. The molecule has 1 atom stereocenters. The van der Waals surface area contributed by atoms with Crippen LogP contribution in [0.2, 0.25) is 0 Å². The average molecular weight is 348 g/mol. The van der Waals surface area contributed by atoms with Gasteiger partial charge in [-0.1, -0.05) is 12.1 Å². The summed E-state index contributed by atoms with van der Waals surface area (Å²) in [5.74, 6) is -0.419. The van der Waals surface area contributed by atoms with Crippen LogP contribution in [0.25, 0.3) is 0 Å². The maximum absolute atomic E-state index is 12.5. The maximum Gasteiger partial charge on any atom is 0.338 e. The van der Waals surface area contributed by atoms with Gasteiger partial charge in [0.25, 0.3) is 0 Å². The number of hydrogen-bond donors (Lipinski definition) is 1. The number of esters is 1.